The van der Waals surface area contributed by atoms with Crippen molar-refractivity contribution in [2.75, 3.05) is 11.9 Å². The van der Waals surface area contributed by atoms with Gasteiger partial charge in [-0.25, -0.2) is 14.4 Å². The van der Waals surface area contributed by atoms with Crippen LogP contribution in [0.15, 0.2) is 49.1 Å². The van der Waals surface area contributed by atoms with E-state index < -0.39 is 12.2 Å². The maximum absolute atomic E-state index is 14.7. The molecule has 4 atom stereocenters. The van der Waals surface area contributed by atoms with Gasteiger partial charge in [0.15, 0.2) is 5.78 Å². The number of aliphatic hydroxyl groups is 1. The normalized spacial score (nSPS) is 22.8. The minimum Gasteiger partial charge on any atom is -0.396 e. The molecule has 1 aromatic carbocycles. The molecule has 1 saturated carbocycles. The van der Waals surface area contributed by atoms with Crippen LogP contribution in [-0.2, 0) is 6.54 Å². The molecule has 0 spiro atoms. The van der Waals surface area contributed by atoms with Gasteiger partial charge in [0.1, 0.15) is 23.5 Å². The third-order valence-corrected chi connectivity index (χ3v) is 6.61. The summed E-state index contributed by atoms with van der Waals surface area (Å²) >= 11 is 12.4. The van der Waals surface area contributed by atoms with Crippen molar-refractivity contribution in [1.29, 1.82) is 0 Å². The first kappa shape index (κ1) is 22.7. The maximum Gasteiger partial charge on any atom is 0.199 e. The highest BCUT2D eigenvalue weighted by atomic mass is 35.5. The van der Waals surface area contributed by atoms with Gasteiger partial charge in [-0.2, -0.15) is 0 Å². The van der Waals surface area contributed by atoms with Crippen molar-refractivity contribution < 1.29 is 14.3 Å². The van der Waals surface area contributed by atoms with Gasteiger partial charge >= 0.3 is 0 Å². The van der Waals surface area contributed by atoms with Gasteiger partial charge in [0, 0.05) is 36.1 Å². The number of nitrogens with one attached hydrogen (secondary N) is 1. The van der Waals surface area contributed by atoms with E-state index in [4.69, 9.17) is 23.2 Å². The number of carbonyl (C=O) groups is 1. The van der Waals surface area contributed by atoms with Crippen molar-refractivity contribution in [2.45, 2.75) is 32.1 Å². The zero-order valence-electron chi connectivity index (χ0n) is 17.4. The van der Waals surface area contributed by atoms with Gasteiger partial charge in [-0.05, 0) is 42.0 Å². The van der Waals surface area contributed by atoms with Crippen LogP contribution in [0.5, 0.6) is 0 Å². The Kier molecular flexibility index (Phi) is 6.79. The standard InChI is InChI=1S/C23H23Cl2FN4O2/c1-13-16(11-31)6-19(21(13)26)29-23-18(8-27-12-28-23)22(32)15-7-20(25)30(10-15)9-14-3-2-4-17(24)5-14/h2-5,7-8,10,12-13,16,19,21,31H,6,9,11H2,1H3,(H,27,28,29)/t13-,16-,19-,21+/m1/s1. The molecule has 0 aliphatic heterocycles. The highest BCUT2D eigenvalue weighted by Crippen LogP contribution is 2.36. The summed E-state index contributed by atoms with van der Waals surface area (Å²) < 4.78 is 16.5. The Labute approximate surface area is 195 Å². The van der Waals surface area contributed by atoms with Crippen LogP contribution in [0.3, 0.4) is 0 Å². The van der Waals surface area contributed by atoms with Crippen molar-refractivity contribution in [1.82, 2.24) is 14.5 Å². The molecule has 1 fully saturated rings. The molecular formula is C23H23Cl2FN4O2. The lowest BCUT2D eigenvalue weighted by atomic mass is 9.99. The Morgan fingerprint density at radius 3 is 2.88 bits per heavy atom. The van der Waals surface area contributed by atoms with Crippen molar-refractivity contribution >= 4 is 34.8 Å². The number of halogens is 3. The average Bonchev–Trinajstić information content (AvgIpc) is 3.28. The van der Waals surface area contributed by atoms with Gasteiger partial charge in [-0.3, -0.25) is 4.79 Å². The third-order valence-electron chi connectivity index (χ3n) is 6.05. The summed E-state index contributed by atoms with van der Waals surface area (Å²) in [5.41, 5.74) is 1.55. The summed E-state index contributed by atoms with van der Waals surface area (Å²) in [6.07, 6.45) is 3.69. The topological polar surface area (TPSA) is 80.0 Å². The number of aromatic nitrogens is 3. The number of benzene rings is 1. The van der Waals surface area contributed by atoms with Gasteiger partial charge in [0.2, 0.25) is 0 Å². The molecule has 9 heteroatoms. The Hall–Kier alpha value is -2.48. The minimum atomic E-state index is -1.15. The number of hydrogen-bond donors (Lipinski definition) is 2. The summed E-state index contributed by atoms with van der Waals surface area (Å²) in [7, 11) is 0. The van der Waals surface area contributed by atoms with E-state index in [0.717, 1.165) is 5.56 Å². The number of anilines is 1. The molecule has 1 aliphatic rings. The lowest BCUT2D eigenvalue weighted by molar-refractivity contribution is 0.103. The second-order valence-corrected chi connectivity index (χ2v) is 8.98. The van der Waals surface area contributed by atoms with E-state index in [2.05, 4.69) is 15.3 Å². The molecule has 168 valence electrons. The molecule has 1 aliphatic carbocycles. The molecule has 0 amide bonds. The Morgan fingerprint density at radius 2 is 2.16 bits per heavy atom. The number of ketones is 1. The Bertz CT molecular complexity index is 1120. The van der Waals surface area contributed by atoms with E-state index in [1.54, 1.807) is 29.8 Å². The number of rotatable bonds is 7. The number of hydrogen-bond acceptors (Lipinski definition) is 5. The van der Waals surface area contributed by atoms with Crippen molar-refractivity contribution in [3.05, 3.63) is 75.9 Å². The SMILES string of the molecule is C[C@@H]1[C@@H](CO)C[C@@H](Nc2ncncc2C(=O)c2cc(Cl)n(Cc3cccc(Cl)c3)c2)[C@H]1F. The first-order chi connectivity index (χ1) is 15.4. The third kappa shape index (κ3) is 4.65. The van der Waals surface area contributed by atoms with Crippen LogP contribution in [0.1, 0.15) is 34.8 Å². The summed E-state index contributed by atoms with van der Waals surface area (Å²) in [6.45, 7) is 2.16. The number of carbonyl (C=O) groups excluding carboxylic acids is 1. The first-order valence-corrected chi connectivity index (χ1v) is 11.1. The molecule has 2 N–H and O–H groups in total. The molecule has 0 unspecified atom stereocenters. The number of alkyl halides is 1. The molecule has 0 bridgehead atoms. The van der Waals surface area contributed by atoms with Crippen LogP contribution in [0, 0.1) is 11.8 Å². The minimum absolute atomic E-state index is 0.0754. The van der Waals surface area contributed by atoms with E-state index >= 15 is 0 Å². The molecule has 0 radical (unpaired) electrons. The average molecular weight is 477 g/mol. The summed E-state index contributed by atoms with van der Waals surface area (Å²) in [4.78, 5) is 21.4. The van der Waals surface area contributed by atoms with Crippen molar-refractivity contribution in [3.63, 3.8) is 0 Å². The predicted molar refractivity (Wildman–Crippen MR) is 122 cm³/mol. The van der Waals surface area contributed by atoms with Gasteiger partial charge in [0.25, 0.3) is 0 Å². The molecule has 6 nitrogen and oxygen atoms in total. The molecular weight excluding hydrogens is 454 g/mol. The Morgan fingerprint density at radius 1 is 1.34 bits per heavy atom. The molecule has 0 saturated heterocycles. The van der Waals surface area contributed by atoms with Gasteiger partial charge in [0.05, 0.1) is 11.6 Å². The highest BCUT2D eigenvalue weighted by Gasteiger charge is 2.41. The van der Waals surface area contributed by atoms with E-state index in [1.807, 2.05) is 18.2 Å². The van der Waals surface area contributed by atoms with Crippen molar-refractivity contribution in [2.24, 2.45) is 11.8 Å². The predicted octanol–water partition coefficient (Wildman–Crippen LogP) is 4.63. The van der Waals surface area contributed by atoms with Gasteiger partial charge in [-0.15, -0.1) is 0 Å². The van der Waals surface area contributed by atoms with Crippen LogP contribution in [0.4, 0.5) is 10.2 Å². The van der Waals surface area contributed by atoms with E-state index in [-0.39, 0.29) is 35.6 Å². The zero-order chi connectivity index (χ0) is 22.8. The fraction of sp³-hybridized carbons (Fsp3) is 0.348. The highest BCUT2D eigenvalue weighted by molar-refractivity contribution is 6.31. The van der Waals surface area contributed by atoms with Crippen LogP contribution in [0.2, 0.25) is 10.2 Å². The van der Waals surface area contributed by atoms with E-state index in [1.165, 1.54) is 12.5 Å². The van der Waals surface area contributed by atoms with Crippen LogP contribution < -0.4 is 5.32 Å². The molecule has 32 heavy (non-hydrogen) atoms. The largest absolute Gasteiger partial charge is 0.396 e. The van der Waals surface area contributed by atoms with Crippen LogP contribution >= 0.6 is 23.2 Å². The summed E-state index contributed by atoms with van der Waals surface area (Å²) in [6, 6.07) is 8.44. The Balaban J connectivity index is 1.56. The van der Waals surface area contributed by atoms with Gasteiger partial charge < -0.3 is 15.0 Å². The first-order valence-electron chi connectivity index (χ1n) is 10.3. The number of aliphatic hydroxyl groups excluding tert-OH is 1. The smallest absolute Gasteiger partial charge is 0.199 e. The van der Waals surface area contributed by atoms with Gasteiger partial charge in [-0.1, -0.05) is 42.3 Å². The monoisotopic (exact) mass is 476 g/mol. The van der Waals surface area contributed by atoms with Crippen LogP contribution in [0.25, 0.3) is 0 Å². The molecule has 4 rings (SSSR count). The summed E-state index contributed by atoms with van der Waals surface area (Å²) in [5, 5.41) is 13.6. The van der Waals surface area contributed by atoms with Crippen LogP contribution in [-0.4, -0.2) is 44.2 Å². The quantitative estimate of drug-likeness (QED) is 0.485. The fourth-order valence-electron chi connectivity index (χ4n) is 4.17. The molecule has 2 heterocycles. The molecule has 3 aromatic rings. The van der Waals surface area contributed by atoms with E-state index in [0.29, 0.717) is 28.7 Å². The number of nitrogens with zero attached hydrogens (tertiary/aromatic N) is 3. The molecule has 2 aromatic heterocycles. The fourth-order valence-corrected chi connectivity index (χ4v) is 4.61. The van der Waals surface area contributed by atoms with E-state index in [9.17, 15) is 14.3 Å². The van der Waals surface area contributed by atoms with Crippen molar-refractivity contribution in [3.8, 4) is 0 Å². The lowest BCUT2D eigenvalue weighted by Gasteiger charge is -2.18. The lowest BCUT2D eigenvalue weighted by Crippen LogP contribution is -2.29. The second-order valence-electron chi connectivity index (χ2n) is 8.16. The second kappa shape index (κ2) is 9.57. The summed E-state index contributed by atoms with van der Waals surface area (Å²) in [5.74, 6) is -0.470. The maximum atomic E-state index is 14.7. The zero-order valence-corrected chi connectivity index (χ0v) is 18.9.